The summed E-state index contributed by atoms with van der Waals surface area (Å²) in [5.74, 6) is 0.952. The molecule has 0 bridgehead atoms. The molecule has 0 aromatic carbocycles. The number of halogens is 1. The maximum absolute atomic E-state index is 11.9. The van der Waals surface area contributed by atoms with Gasteiger partial charge in [-0.25, -0.2) is 12.7 Å². The van der Waals surface area contributed by atoms with Crippen LogP contribution in [0.5, 0.6) is 0 Å². The molecule has 2 N–H and O–H groups in total. The molecular weight excluding hydrogens is 483 g/mol. The molecule has 1 saturated heterocycles. The smallest absolute Gasteiger partial charge is 0.213 e. The molecule has 0 saturated carbocycles. The molecule has 0 amide bonds. The average Bonchev–Trinajstić information content (AvgIpc) is 3.14. The Kier molecular flexibility index (Phi) is 9.31. The van der Waals surface area contributed by atoms with Crippen molar-refractivity contribution in [3.8, 4) is 0 Å². The fraction of sp³-hybridized carbons (Fsp3) is 0.706. The second kappa shape index (κ2) is 10.2. The van der Waals surface area contributed by atoms with Crippen molar-refractivity contribution in [1.29, 1.82) is 0 Å². The van der Waals surface area contributed by atoms with Gasteiger partial charge in [0.05, 0.1) is 5.75 Å². The van der Waals surface area contributed by atoms with Gasteiger partial charge in [0.2, 0.25) is 10.0 Å². The second-order valence-electron chi connectivity index (χ2n) is 7.01. The van der Waals surface area contributed by atoms with Crippen LogP contribution in [0.4, 0.5) is 0 Å². The summed E-state index contributed by atoms with van der Waals surface area (Å²) in [6.07, 6.45) is 1.60. The number of piperidine rings is 1. The molecular formula is C17H31IN4O2S2. The highest BCUT2D eigenvalue weighted by molar-refractivity contribution is 14.0. The van der Waals surface area contributed by atoms with Crippen LogP contribution >= 0.6 is 35.3 Å². The van der Waals surface area contributed by atoms with E-state index in [9.17, 15) is 8.42 Å². The zero-order valence-corrected chi connectivity index (χ0v) is 20.0. The standard InChI is InChI=1S/C17H30N4O2S2.HI/c1-5-25(22,23)21-10-8-14(9-11-21)20-16(18-4)19-13-17(2,3)15-7-6-12-24-15;/h6-7,12,14H,5,8-11,13H2,1-4H3,(H2,18,19,20);1H. The number of thiophene rings is 1. The number of nitrogens with one attached hydrogen (secondary N) is 2. The molecule has 1 aliphatic rings. The van der Waals surface area contributed by atoms with Crippen molar-refractivity contribution in [2.24, 2.45) is 4.99 Å². The molecule has 0 atom stereocenters. The molecule has 9 heteroatoms. The molecule has 0 unspecified atom stereocenters. The summed E-state index contributed by atoms with van der Waals surface area (Å²) in [7, 11) is -1.30. The third kappa shape index (κ3) is 6.35. The van der Waals surface area contributed by atoms with Gasteiger partial charge in [-0.2, -0.15) is 0 Å². The molecule has 1 aromatic heterocycles. The monoisotopic (exact) mass is 514 g/mol. The Morgan fingerprint density at radius 3 is 2.54 bits per heavy atom. The van der Waals surface area contributed by atoms with E-state index in [2.05, 4.69) is 47.0 Å². The minimum Gasteiger partial charge on any atom is -0.356 e. The van der Waals surface area contributed by atoms with Crippen LogP contribution < -0.4 is 10.6 Å². The summed E-state index contributed by atoms with van der Waals surface area (Å²) in [5, 5.41) is 8.95. The van der Waals surface area contributed by atoms with Gasteiger partial charge in [0.15, 0.2) is 5.96 Å². The van der Waals surface area contributed by atoms with Crippen molar-refractivity contribution in [2.75, 3.05) is 32.4 Å². The Balaban J connectivity index is 0.00000338. The molecule has 2 heterocycles. The van der Waals surface area contributed by atoms with Crippen LogP contribution in [0.25, 0.3) is 0 Å². The normalized spacial score (nSPS) is 17.6. The van der Waals surface area contributed by atoms with Crippen molar-refractivity contribution in [3.05, 3.63) is 22.4 Å². The summed E-state index contributed by atoms with van der Waals surface area (Å²) in [6, 6.07) is 4.48. The van der Waals surface area contributed by atoms with E-state index >= 15 is 0 Å². The molecule has 0 spiro atoms. The van der Waals surface area contributed by atoms with E-state index in [1.54, 1.807) is 29.6 Å². The number of sulfonamides is 1. The number of rotatable bonds is 6. The summed E-state index contributed by atoms with van der Waals surface area (Å²) in [6.45, 7) is 8.06. The third-order valence-corrected chi connectivity index (χ3v) is 7.78. The van der Waals surface area contributed by atoms with Crippen molar-refractivity contribution < 1.29 is 8.42 Å². The summed E-state index contributed by atoms with van der Waals surface area (Å²) < 4.78 is 25.5. The molecule has 2 rings (SSSR count). The van der Waals surface area contributed by atoms with Crippen LogP contribution in [0.15, 0.2) is 22.5 Å². The fourth-order valence-electron chi connectivity index (χ4n) is 2.90. The first-order valence-corrected chi connectivity index (χ1v) is 11.3. The van der Waals surface area contributed by atoms with Gasteiger partial charge in [0.1, 0.15) is 0 Å². The van der Waals surface area contributed by atoms with E-state index in [1.807, 2.05) is 0 Å². The Morgan fingerprint density at radius 1 is 1.38 bits per heavy atom. The maximum Gasteiger partial charge on any atom is 0.213 e. The van der Waals surface area contributed by atoms with Gasteiger partial charge in [-0.3, -0.25) is 4.99 Å². The number of guanidine groups is 1. The lowest BCUT2D eigenvalue weighted by molar-refractivity contribution is 0.306. The molecule has 0 aliphatic carbocycles. The highest BCUT2D eigenvalue weighted by atomic mass is 127. The van der Waals surface area contributed by atoms with E-state index in [0.717, 1.165) is 25.3 Å². The second-order valence-corrected chi connectivity index (χ2v) is 10.2. The van der Waals surface area contributed by atoms with E-state index in [4.69, 9.17) is 0 Å². The summed E-state index contributed by atoms with van der Waals surface area (Å²) in [4.78, 5) is 5.66. The van der Waals surface area contributed by atoms with E-state index in [0.29, 0.717) is 13.1 Å². The number of hydrogen-bond acceptors (Lipinski definition) is 4. The van der Waals surface area contributed by atoms with E-state index in [-0.39, 0.29) is 41.2 Å². The van der Waals surface area contributed by atoms with Crippen LogP contribution in [0.3, 0.4) is 0 Å². The Hall–Kier alpha value is -0.390. The topological polar surface area (TPSA) is 73.8 Å². The van der Waals surface area contributed by atoms with Crippen LogP contribution in [-0.4, -0.2) is 57.2 Å². The lowest BCUT2D eigenvalue weighted by atomic mass is 9.91. The first-order valence-electron chi connectivity index (χ1n) is 8.77. The minimum atomic E-state index is -3.07. The van der Waals surface area contributed by atoms with Crippen molar-refractivity contribution in [3.63, 3.8) is 0 Å². The quantitative estimate of drug-likeness (QED) is 0.348. The third-order valence-electron chi connectivity index (χ3n) is 4.66. The molecule has 1 aromatic rings. The molecule has 26 heavy (non-hydrogen) atoms. The largest absolute Gasteiger partial charge is 0.356 e. The SMILES string of the molecule is CCS(=O)(=O)N1CCC(NC(=NC)NCC(C)(C)c2cccs2)CC1.I. The van der Waals surface area contributed by atoms with Gasteiger partial charge >= 0.3 is 0 Å². The van der Waals surface area contributed by atoms with Crippen LogP contribution in [0, 0.1) is 0 Å². The van der Waals surface area contributed by atoms with Crippen molar-refractivity contribution in [1.82, 2.24) is 14.9 Å². The zero-order chi connectivity index (χ0) is 18.5. The number of hydrogen-bond donors (Lipinski definition) is 2. The maximum atomic E-state index is 11.9. The Morgan fingerprint density at radius 2 is 2.04 bits per heavy atom. The van der Waals surface area contributed by atoms with Gasteiger partial charge < -0.3 is 10.6 Å². The lowest BCUT2D eigenvalue weighted by Gasteiger charge is -2.33. The molecule has 150 valence electrons. The minimum absolute atomic E-state index is 0. The number of nitrogens with zero attached hydrogens (tertiary/aromatic N) is 2. The first-order chi connectivity index (χ1) is 11.8. The predicted molar refractivity (Wildman–Crippen MR) is 121 cm³/mol. The Bertz CT molecular complexity index is 667. The van der Waals surface area contributed by atoms with E-state index in [1.165, 1.54) is 4.88 Å². The lowest BCUT2D eigenvalue weighted by Crippen LogP contribution is -2.51. The van der Waals surface area contributed by atoms with E-state index < -0.39 is 10.0 Å². The molecule has 1 aliphatic heterocycles. The summed E-state index contributed by atoms with van der Waals surface area (Å²) >= 11 is 1.77. The molecule has 1 fully saturated rings. The highest BCUT2D eigenvalue weighted by Crippen LogP contribution is 2.26. The fourth-order valence-corrected chi connectivity index (χ4v) is 4.89. The average molecular weight is 514 g/mol. The van der Waals surface area contributed by atoms with Gasteiger partial charge in [-0.1, -0.05) is 19.9 Å². The van der Waals surface area contributed by atoms with Crippen LogP contribution in [0.2, 0.25) is 0 Å². The first kappa shape index (κ1) is 23.6. The zero-order valence-electron chi connectivity index (χ0n) is 16.0. The summed E-state index contributed by atoms with van der Waals surface area (Å²) in [5.41, 5.74) is 0.0321. The molecule has 0 radical (unpaired) electrons. The molecule has 6 nitrogen and oxygen atoms in total. The van der Waals surface area contributed by atoms with Gasteiger partial charge in [0.25, 0.3) is 0 Å². The van der Waals surface area contributed by atoms with Gasteiger partial charge in [-0.15, -0.1) is 35.3 Å². The van der Waals surface area contributed by atoms with Crippen molar-refractivity contribution >= 4 is 51.3 Å². The van der Waals surface area contributed by atoms with Crippen LogP contribution in [0.1, 0.15) is 38.5 Å². The van der Waals surface area contributed by atoms with Gasteiger partial charge in [0, 0.05) is 43.0 Å². The highest BCUT2D eigenvalue weighted by Gasteiger charge is 2.27. The number of aliphatic imine (C=N–C) groups is 1. The van der Waals surface area contributed by atoms with Crippen LogP contribution in [-0.2, 0) is 15.4 Å². The van der Waals surface area contributed by atoms with Gasteiger partial charge in [-0.05, 0) is 31.2 Å². The Labute approximate surface area is 178 Å². The predicted octanol–water partition coefficient (Wildman–Crippen LogP) is 2.62. The van der Waals surface area contributed by atoms with Crippen molar-refractivity contribution in [2.45, 2.75) is 45.1 Å².